The predicted molar refractivity (Wildman–Crippen MR) is 72.8 cm³/mol. The highest BCUT2D eigenvalue weighted by Crippen LogP contribution is 2.33. The molecule has 0 radical (unpaired) electrons. The SMILES string of the molecule is C=C(C)C(=O)CC(O)CC(C(=O)O)C1CCCCC1. The van der Waals surface area contributed by atoms with E-state index < -0.39 is 18.0 Å². The summed E-state index contributed by atoms with van der Waals surface area (Å²) in [4.78, 5) is 22.8. The minimum Gasteiger partial charge on any atom is -0.481 e. The second-order valence-corrected chi connectivity index (χ2v) is 5.64. The van der Waals surface area contributed by atoms with Gasteiger partial charge in [0.15, 0.2) is 5.78 Å². The fourth-order valence-corrected chi connectivity index (χ4v) is 2.80. The average molecular weight is 268 g/mol. The normalized spacial score (nSPS) is 19.7. The molecule has 0 saturated heterocycles. The van der Waals surface area contributed by atoms with Crippen molar-refractivity contribution in [1.29, 1.82) is 0 Å². The molecular formula is C15H24O4. The highest BCUT2D eigenvalue weighted by Gasteiger charge is 2.31. The summed E-state index contributed by atoms with van der Waals surface area (Å²) in [7, 11) is 0. The largest absolute Gasteiger partial charge is 0.481 e. The Morgan fingerprint density at radius 3 is 2.32 bits per heavy atom. The first kappa shape index (κ1) is 15.9. The quantitative estimate of drug-likeness (QED) is 0.696. The van der Waals surface area contributed by atoms with Crippen LogP contribution in [0.15, 0.2) is 12.2 Å². The molecule has 0 bridgehead atoms. The fraction of sp³-hybridized carbons (Fsp3) is 0.733. The van der Waals surface area contributed by atoms with Crippen molar-refractivity contribution in [3.63, 3.8) is 0 Å². The van der Waals surface area contributed by atoms with Crippen LogP contribution in [0.4, 0.5) is 0 Å². The molecule has 4 heteroatoms. The number of ketones is 1. The van der Waals surface area contributed by atoms with Crippen molar-refractivity contribution < 1.29 is 19.8 Å². The lowest BCUT2D eigenvalue weighted by atomic mass is 9.77. The lowest BCUT2D eigenvalue weighted by Gasteiger charge is -2.28. The zero-order valence-corrected chi connectivity index (χ0v) is 11.6. The van der Waals surface area contributed by atoms with Gasteiger partial charge in [-0.25, -0.2) is 0 Å². The van der Waals surface area contributed by atoms with Gasteiger partial charge in [-0.15, -0.1) is 0 Å². The molecule has 1 rings (SSSR count). The third-order valence-corrected chi connectivity index (χ3v) is 3.96. The number of carbonyl (C=O) groups excluding carboxylic acids is 1. The van der Waals surface area contributed by atoms with Crippen LogP contribution >= 0.6 is 0 Å². The molecule has 4 nitrogen and oxygen atoms in total. The van der Waals surface area contributed by atoms with E-state index in [0.717, 1.165) is 25.7 Å². The Kier molecular flexibility index (Phi) is 6.22. The van der Waals surface area contributed by atoms with Gasteiger partial charge in [0.25, 0.3) is 0 Å². The summed E-state index contributed by atoms with van der Waals surface area (Å²) in [6.45, 7) is 5.14. The molecule has 1 aliphatic carbocycles. The van der Waals surface area contributed by atoms with Crippen LogP contribution in [-0.4, -0.2) is 28.1 Å². The molecular weight excluding hydrogens is 244 g/mol. The van der Waals surface area contributed by atoms with Crippen LogP contribution in [0, 0.1) is 11.8 Å². The predicted octanol–water partition coefficient (Wildman–Crippen LogP) is 2.55. The van der Waals surface area contributed by atoms with Gasteiger partial charge in [0.2, 0.25) is 0 Å². The van der Waals surface area contributed by atoms with Crippen molar-refractivity contribution in [3.8, 4) is 0 Å². The van der Waals surface area contributed by atoms with E-state index in [1.807, 2.05) is 0 Å². The first-order valence-corrected chi connectivity index (χ1v) is 7.01. The van der Waals surface area contributed by atoms with Crippen molar-refractivity contribution in [1.82, 2.24) is 0 Å². The Bertz CT molecular complexity index is 342. The van der Waals surface area contributed by atoms with Gasteiger partial charge in [-0.3, -0.25) is 9.59 Å². The van der Waals surface area contributed by atoms with E-state index >= 15 is 0 Å². The van der Waals surface area contributed by atoms with Crippen LogP contribution in [0.3, 0.4) is 0 Å². The Labute approximate surface area is 114 Å². The molecule has 1 fully saturated rings. The molecule has 2 N–H and O–H groups in total. The summed E-state index contributed by atoms with van der Waals surface area (Å²) in [6, 6.07) is 0. The van der Waals surface area contributed by atoms with E-state index in [0.29, 0.717) is 5.57 Å². The number of carbonyl (C=O) groups is 2. The summed E-state index contributed by atoms with van der Waals surface area (Å²) < 4.78 is 0. The summed E-state index contributed by atoms with van der Waals surface area (Å²) in [5, 5.41) is 19.2. The topological polar surface area (TPSA) is 74.6 Å². The number of allylic oxidation sites excluding steroid dienone is 1. The van der Waals surface area contributed by atoms with Gasteiger partial charge >= 0.3 is 5.97 Å². The highest BCUT2D eigenvalue weighted by molar-refractivity contribution is 5.94. The maximum absolute atomic E-state index is 11.5. The maximum atomic E-state index is 11.5. The van der Waals surface area contributed by atoms with Gasteiger partial charge in [-0.05, 0) is 37.7 Å². The molecule has 0 aliphatic heterocycles. The monoisotopic (exact) mass is 268 g/mol. The molecule has 108 valence electrons. The first-order chi connectivity index (χ1) is 8.91. The van der Waals surface area contributed by atoms with E-state index in [2.05, 4.69) is 6.58 Å². The Morgan fingerprint density at radius 1 is 1.26 bits per heavy atom. The second-order valence-electron chi connectivity index (χ2n) is 5.64. The number of hydrogen-bond acceptors (Lipinski definition) is 3. The minimum absolute atomic E-state index is 0.0220. The number of aliphatic hydroxyl groups is 1. The zero-order chi connectivity index (χ0) is 14.4. The molecule has 0 heterocycles. The molecule has 0 aromatic heterocycles. The molecule has 1 saturated carbocycles. The molecule has 0 amide bonds. The van der Waals surface area contributed by atoms with Crippen LogP contribution in [0.5, 0.6) is 0 Å². The van der Waals surface area contributed by atoms with Crippen LogP contribution in [0.25, 0.3) is 0 Å². The zero-order valence-electron chi connectivity index (χ0n) is 11.6. The Balaban J connectivity index is 2.55. The van der Waals surface area contributed by atoms with Crippen molar-refractivity contribution in [2.75, 3.05) is 0 Å². The van der Waals surface area contributed by atoms with Crippen LogP contribution in [-0.2, 0) is 9.59 Å². The number of aliphatic hydroxyl groups excluding tert-OH is 1. The number of carboxylic acids is 1. The summed E-state index contributed by atoms with van der Waals surface area (Å²) >= 11 is 0. The fourth-order valence-electron chi connectivity index (χ4n) is 2.80. The van der Waals surface area contributed by atoms with Gasteiger partial charge in [-0.2, -0.15) is 0 Å². The number of Topliss-reactive ketones (excluding diaryl/α,β-unsaturated/α-hetero) is 1. The summed E-state index contributed by atoms with van der Waals surface area (Å²) in [5.41, 5.74) is 0.406. The van der Waals surface area contributed by atoms with E-state index in [4.69, 9.17) is 0 Å². The molecule has 0 aromatic carbocycles. The van der Waals surface area contributed by atoms with Gasteiger partial charge < -0.3 is 10.2 Å². The first-order valence-electron chi connectivity index (χ1n) is 7.01. The van der Waals surface area contributed by atoms with Crippen molar-refractivity contribution in [2.45, 2.75) is 58.0 Å². The smallest absolute Gasteiger partial charge is 0.306 e. The standard InChI is InChI=1S/C15H24O4/c1-10(2)14(17)9-12(16)8-13(15(18)19)11-6-4-3-5-7-11/h11-13,16H,1,3-9H2,2H3,(H,18,19). The lowest BCUT2D eigenvalue weighted by Crippen LogP contribution is -2.30. The number of carboxylic acid groups (broad SMARTS) is 1. The van der Waals surface area contributed by atoms with Crippen molar-refractivity contribution >= 4 is 11.8 Å². The number of aliphatic carboxylic acids is 1. The van der Waals surface area contributed by atoms with Gasteiger partial charge in [0.1, 0.15) is 0 Å². The number of rotatable bonds is 7. The third-order valence-electron chi connectivity index (χ3n) is 3.96. The highest BCUT2D eigenvalue weighted by atomic mass is 16.4. The average Bonchev–Trinajstić information content (AvgIpc) is 2.36. The van der Waals surface area contributed by atoms with E-state index in [-0.39, 0.29) is 24.5 Å². The maximum Gasteiger partial charge on any atom is 0.306 e. The molecule has 1 aliphatic rings. The van der Waals surface area contributed by atoms with E-state index in [1.54, 1.807) is 6.92 Å². The minimum atomic E-state index is -0.882. The molecule has 19 heavy (non-hydrogen) atoms. The van der Waals surface area contributed by atoms with E-state index in [9.17, 15) is 19.8 Å². The lowest BCUT2D eigenvalue weighted by molar-refractivity contribution is -0.146. The van der Waals surface area contributed by atoms with Gasteiger partial charge in [0.05, 0.1) is 12.0 Å². The van der Waals surface area contributed by atoms with E-state index in [1.165, 1.54) is 6.42 Å². The van der Waals surface area contributed by atoms with Crippen LogP contribution in [0.2, 0.25) is 0 Å². The Morgan fingerprint density at radius 2 is 1.84 bits per heavy atom. The number of hydrogen-bond donors (Lipinski definition) is 2. The molecule has 0 spiro atoms. The molecule has 2 unspecified atom stereocenters. The summed E-state index contributed by atoms with van der Waals surface area (Å²) in [6.07, 6.45) is 4.39. The summed E-state index contributed by atoms with van der Waals surface area (Å²) in [5.74, 6) is -1.44. The Hall–Kier alpha value is -1.16. The van der Waals surface area contributed by atoms with Gasteiger partial charge in [0, 0.05) is 6.42 Å². The van der Waals surface area contributed by atoms with Crippen molar-refractivity contribution in [3.05, 3.63) is 12.2 Å². The van der Waals surface area contributed by atoms with Crippen LogP contribution in [0.1, 0.15) is 51.9 Å². The van der Waals surface area contributed by atoms with Gasteiger partial charge in [-0.1, -0.05) is 25.8 Å². The third kappa shape index (κ3) is 5.15. The molecule has 2 atom stereocenters. The molecule has 0 aromatic rings. The van der Waals surface area contributed by atoms with Crippen molar-refractivity contribution in [2.24, 2.45) is 11.8 Å². The second kappa shape index (κ2) is 7.43. The van der Waals surface area contributed by atoms with Crippen LogP contribution < -0.4 is 0 Å².